The predicted molar refractivity (Wildman–Crippen MR) is 80.3 cm³/mol. The average molecular weight is 307 g/mol. The first-order chi connectivity index (χ1) is 10.7. The highest BCUT2D eigenvalue weighted by Crippen LogP contribution is 2.40. The highest BCUT2D eigenvalue weighted by atomic mass is 16.5. The Morgan fingerprint density at radius 2 is 2.27 bits per heavy atom. The van der Waals surface area contributed by atoms with Crippen molar-refractivity contribution in [2.45, 2.75) is 70.4 Å². The zero-order valence-corrected chi connectivity index (χ0v) is 13.5. The lowest BCUT2D eigenvalue weighted by Crippen LogP contribution is -2.39. The number of hydrogen-bond acceptors (Lipinski definition) is 5. The van der Waals surface area contributed by atoms with E-state index in [9.17, 15) is 4.79 Å². The Kier molecular flexibility index (Phi) is 4.76. The molecule has 1 aliphatic carbocycles. The number of carbonyl (C=O) groups is 1. The van der Waals surface area contributed by atoms with E-state index in [0.717, 1.165) is 51.0 Å². The number of unbranched alkanes of at least 4 members (excludes halogenated alkanes) is 1. The van der Waals surface area contributed by atoms with Crippen LogP contribution in [0.3, 0.4) is 0 Å². The average Bonchev–Trinajstić information content (AvgIpc) is 3.06. The second-order valence-corrected chi connectivity index (χ2v) is 6.32. The summed E-state index contributed by atoms with van der Waals surface area (Å²) in [5.41, 5.74) is 0. The molecule has 3 rings (SSSR count). The van der Waals surface area contributed by atoms with Crippen molar-refractivity contribution < 1.29 is 14.1 Å². The zero-order chi connectivity index (χ0) is 15.5. The molecule has 0 radical (unpaired) electrons. The van der Waals surface area contributed by atoms with Gasteiger partial charge >= 0.3 is 0 Å². The van der Waals surface area contributed by atoms with Crippen molar-refractivity contribution in [3.8, 4) is 0 Å². The first-order valence-corrected chi connectivity index (χ1v) is 8.46. The van der Waals surface area contributed by atoms with Gasteiger partial charge < -0.3 is 14.2 Å². The van der Waals surface area contributed by atoms with E-state index in [1.807, 2.05) is 11.8 Å². The van der Waals surface area contributed by atoms with Crippen LogP contribution in [-0.2, 0) is 9.53 Å². The van der Waals surface area contributed by atoms with Gasteiger partial charge in [0.1, 0.15) is 6.10 Å². The lowest BCUT2D eigenvalue weighted by atomic mass is 10.2. The van der Waals surface area contributed by atoms with Crippen LogP contribution in [0.2, 0.25) is 0 Å². The molecule has 1 saturated carbocycles. The van der Waals surface area contributed by atoms with Crippen LogP contribution in [0.5, 0.6) is 0 Å². The first kappa shape index (κ1) is 15.5. The molecule has 1 aromatic rings. The van der Waals surface area contributed by atoms with Crippen molar-refractivity contribution in [3.63, 3.8) is 0 Å². The molecule has 1 saturated heterocycles. The molecule has 0 spiro atoms. The summed E-state index contributed by atoms with van der Waals surface area (Å²) in [6, 6.07) is -0.0547. The molecule has 122 valence electrons. The third kappa shape index (κ3) is 3.32. The van der Waals surface area contributed by atoms with Gasteiger partial charge in [0, 0.05) is 19.1 Å². The second kappa shape index (κ2) is 6.77. The SMILES string of the molecule is CCCCOC(C)C(=O)N1CCCC1c1noc(C2CC2)n1. The number of nitrogens with zero attached hydrogens (tertiary/aromatic N) is 3. The van der Waals surface area contributed by atoms with E-state index in [-0.39, 0.29) is 11.9 Å². The smallest absolute Gasteiger partial charge is 0.252 e. The van der Waals surface area contributed by atoms with Gasteiger partial charge in [0.05, 0.1) is 6.04 Å². The Balaban J connectivity index is 1.62. The van der Waals surface area contributed by atoms with Crippen molar-refractivity contribution >= 4 is 5.91 Å². The minimum Gasteiger partial charge on any atom is -0.369 e. The van der Waals surface area contributed by atoms with E-state index in [2.05, 4.69) is 17.1 Å². The van der Waals surface area contributed by atoms with Gasteiger partial charge in [-0.05, 0) is 39.0 Å². The quantitative estimate of drug-likeness (QED) is 0.725. The Morgan fingerprint density at radius 3 is 3.00 bits per heavy atom. The van der Waals surface area contributed by atoms with Crippen LogP contribution < -0.4 is 0 Å². The maximum Gasteiger partial charge on any atom is 0.252 e. The van der Waals surface area contributed by atoms with Crippen LogP contribution in [0.1, 0.15) is 76.0 Å². The molecule has 0 bridgehead atoms. The number of rotatable bonds is 7. The summed E-state index contributed by atoms with van der Waals surface area (Å²) in [6.07, 6.45) is 5.80. The summed E-state index contributed by atoms with van der Waals surface area (Å²) in [6.45, 7) is 5.33. The summed E-state index contributed by atoms with van der Waals surface area (Å²) in [4.78, 5) is 19.0. The maximum absolute atomic E-state index is 12.6. The molecule has 2 fully saturated rings. The van der Waals surface area contributed by atoms with E-state index in [1.165, 1.54) is 0 Å². The maximum atomic E-state index is 12.6. The molecule has 1 aliphatic heterocycles. The predicted octanol–water partition coefficient (Wildman–Crippen LogP) is 2.82. The van der Waals surface area contributed by atoms with Crippen molar-refractivity contribution in [2.75, 3.05) is 13.2 Å². The first-order valence-electron chi connectivity index (χ1n) is 8.46. The molecular weight excluding hydrogens is 282 g/mol. The summed E-state index contributed by atoms with van der Waals surface area (Å²) >= 11 is 0. The second-order valence-electron chi connectivity index (χ2n) is 6.32. The molecule has 2 unspecified atom stereocenters. The Morgan fingerprint density at radius 1 is 1.45 bits per heavy atom. The van der Waals surface area contributed by atoms with Gasteiger partial charge in [0.25, 0.3) is 5.91 Å². The van der Waals surface area contributed by atoms with Gasteiger partial charge in [-0.1, -0.05) is 18.5 Å². The molecule has 1 amide bonds. The van der Waals surface area contributed by atoms with Crippen LogP contribution in [0, 0.1) is 0 Å². The third-order valence-corrected chi connectivity index (χ3v) is 4.43. The van der Waals surface area contributed by atoms with Crippen LogP contribution in [-0.4, -0.2) is 40.2 Å². The van der Waals surface area contributed by atoms with Crippen molar-refractivity contribution in [1.29, 1.82) is 0 Å². The van der Waals surface area contributed by atoms with Crippen molar-refractivity contribution in [1.82, 2.24) is 15.0 Å². The minimum atomic E-state index is -0.401. The molecule has 0 aromatic carbocycles. The van der Waals surface area contributed by atoms with Crippen LogP contribution in [0.4, 0.5) is 0 Å². The largest absolute Gasteiger partial charge is 0.369 e. The normalized spacial score (nSPS) is 23.0. The van der Waals surface area contributed by atoms with Crippen LogP contribution in [0.25, 0.3) is 0 Å². The molecular formula is C16H25N3O3. The highest BCUT2D eigenvalue weighted by Gasteiger charge is 2.37. The summed E-state index contributed by atoms with van der Waals surface area (Å²) in [5.74, 6) is 1.88. The molecule has 1 aromatic heterocycles. The molecule has 6 nitrogen and oxygen atoms in total. The van der Waals surface area contributed by atoms with E-state index in [1.54, 1.807) is 0 Å². The lowest BCUT2D eigenvalue weighted by molar-refractivity contribution is -0.143. The molecule has 2 atom stereocenters. The number of hydrogen-bond donors (Lipinski definition) is 0. The monoisotopic (exact) mass is 307 g/mol. The number of aromatic nitrogens is 2. The fraction of sp³-hybridized carbons (Fsp3) is 0.812. The third-order valence-electron chi connectivity index (χ3n) is 4.43. The molecule has 0 N–H and O–H groups in total. The molecule has 2 aliphatic rings. The number of carbonyl (C=O) groups excluding carboxylic acids is 1. The fourth-order valence-corrected chi connectivity index (χ4v) is 2.89. The van der Waals surface area contributed by atoms with Gasteiger partial charge in [-0.25, -0.2) is 0 Å². The standard InChI is InChI=1S/C16H25N3O3/c1-3-4-10-21-11(2)16(20)19-9-5-6-13(19)14-17-15(22-18-14)12-7-8-12/h11-13H,3-10H2,1-2H3. The van der Waals surface area contributed by atoms with E-state index >= 15 is 0 Å². The van der Waals surface area contributed by atoms with Crippen molar-refractivity contribution in [2.24, 2.45) is 0 Å². The topological polar surface area (TPSA) is 68.5 Å². The summed E-state index contributed by atoms with van der Waals surface area (Å²) in [5, 5.41) is 4.11. The van der Waals surface area contributed by atoms with Gasteiger partial charge in [0.15, 0.2) is 5.82 Å². The van der Waals surface area contributed by atoms with Gasteiger partial charge in [0.2, 0.25) is 5.89 Å². The lowest BCUT2D eigenvalue weighted by Gasteiger charge is -2.25. The molecule has 2 heterocycles. The molecule has 6 heteroatoms. The van der Waals surface area contributed by atoms with Crippen LogP contribution >= 0.6 is 0 Å². The van der Waals surface area contributed by atoms with Gasteiger partial charge in [-0.15, -0.1) is 0 Å². The number of likely N-dealkylation sites (tertiary alicyclic amines) is 1. The van der Waals surface area contributed by atoms with E-state index in [4.69, 9.17) is 9.26 Å². The van der Waals surface area contributed by atoms with E-state index in [0.29, 0.717) is 18.3 Å². The van der Waals surface area contributed by atoms with Gasteiger partial charge in [-0.3, -0.25) is 4.79 Å². The Labute approximate surface area is 131 Å². The Bertz CT molecular complexity index is 512. The summed E-state index contributed by atoms with van der Waals surface area (Å²) in [7, 11) is 0. The van der Waals surface area contributed by atoms with E-state index < -0.39 is 6.10 Å². The Hall–Kier alpha value is -1.43. The zero-order valence-electron chi connectivity index (χ0n) is 13.5. The number of amides is 1. The number of ether oxygens (including phenoxy) is 1. The van der Waals surface area contributed by atoms with Gasteiger partial charge in [-0.2, -0.15) is 4.98 Å². The summed E-state index contributed by atoms with van der Waals surface area (Å²) < 4.78 is 11.0. The van der Waals surface area contributed by atoms with Crippen molar-refractivity contribution in [3.05, 3.63) is 11.7 Å². The fourth-order valence-electron chi connectivity index (χ4n) is 2.89. The highest BCUT2D eigenvalue weighted by molar-refractivity contribution is 5.81. The molecule has 22 heavy (non-hydrogen) atoms. The minimum absolute atomic E-state index is 0.0383. The van der Waals surface area contributed by atoms with Crippen LogP contribution in [0.15, 0.2) is 4.52 Å².